The fourth-order valence-electron chi connectivity index (χ4n) is 1.88. The van der Waals surface area contributed by atoms with Gasteiger partial charge in [-0.3, -0.25) is 0 Å². The highest BCUT2D eigenvalue weighted by Gasteiger charge is 2.27. The summed E-state index contributed by atoms with van der Waals surface area (Å²) in [5.41, 5.74) is -0.886. The van der Waals surface area contributed by atoms with Crippen LogP contribution in [0.1, 0.15) is 18.5 Å². The summed E-state index contributed by atoms with van der Waals surface area (Å²) >= 11 is 0. The van der Waals surface area contributed by atoms with Crippen LogP contribution in [0.5, 0.6) is 5.75 Å². The first-order valence-electron chi connectivity index (χ1n) is 5.90. The molecule has 1 unspecified atom stereocenters. The van der Waals surface area contributed by atoms with Crippen LogP contribution in [-0.2, 0) is 0 Å². The summed E-state index contributed by atoms with van der Waals surface area (Å²) in [4.78, 5) is 0. The molecule has 21 heavy (non-hydrogen) atoms. The van der Waals surface area contributed by atoms with Gasteiger partial charge in [-0.1, -0.05) is 18.2 Å². The van der Waals surface area contributed by atoms with E-state index in [2.05, 4.69) is 5.32 Å². The van der Waals surface area contributed by atoms with E-state index in [1.165, 1.54) is 25.1 Å². The molecule has 2 rings (SSSR count). The number of rotatable bonds is 3. The average molecular weight is 303 g/mol. The average Bonchev–Trinajstić information content (AvgIpc) is 2.48. The molecule has 0 amide bonds. The molecule has 112 valence electrons. The maximum absolute atomic E-state index is 13.5. The van der Waals surface area contributed by atoms with E-state index >= 15 is 0 Å². The molecule has 0 aliphatic rings. The normalized spacial score (nSPS) is 12.3. The van der Waals surface area contributed by atoms with Crippen molar-refractivity contribution in [2.24, 2.45) is 0 Å². The number of benzene rings is 2. The number of hydrogen-bond donors (Lipinski definition) is 2. The highest BCUT2D eigenvalue weighted by molar-refractivity contribution is 5.50. The van der Waals surface area contributed by atoms with Gasteiger partial charge in [-0.2, -0.15) is 0 Å². The van der Waals surface area contributed by atoms with E-state index in [9.17, 15) is 27.1 Å². The van der Waals surface area contributed by atoms with Gasteiger partial charge in [-0.05, 0) is 13.0 Å². The molecule has 2 aromatic rings. The summed E-state index contributed by atoms with van der Waals surface area (Å²) in [6, 6.07) is 5.01. The van der Waals surface area contributed by atoms with Crippen LogP contribution >= 0.6 is 0 Å². The quantitative estimate of drug-likeness (QED) is 0.504. The number of para-hydroxylation sites is 1. The van der Waals surface area contributed by atoms with Crippen LogP contribution in [0.25, 0.3) is 0 Å². The minimum Gasteiger partial charge on any atom is -0.508 e. The van der Waals surface area contributed by atoms with Crippen LogP contribution in [0.4, 0.5) is 27.6 Å². The van der Waals surface area contributed by atoms with Crippen molar-refractivity contribution < 1.29 is 27.1 Å². The van der Waals surface area contributed by atoms with Crippen molar-refractivity contribution in [2.45, 2.75) is 13.0 Å². The van der Waals surface area contributed by atoms with Gasteiger partial charge in [0, 0.05) is 5.56 Å². The van der Waals surface area contributed by atoms with Crippen molar-refractivity contribution in [3.05, 3.63) is 58.9 Å². The molecule has 0 bridgehead atoms. The largest absolute Gasteiger partial charge is 0.508 e. The molecular weight excluding hydrogens is 293 g/mol. The zero-order chi connectivity index (χ0) is 15.7. The van der Waals surface area contributed by atoms with Crippen LogP contribution in [-0.4, -0.2) is 5.11 Å². The van der Waals surface area contributed by atoms with Gasteiger partial charge < -0.3 is 10.4 Å². The summed E-state index contributed by atoms with van der Waals surface area (Å²) < 4.78 is 66.2. The molecule has 2 aromatic carbocycles. The predicted octanol–water partition coefficient (Wildman–Crippen LogP) is 4.26. The predicted molar refractivity (Wildman–Crippen MR) is 66.4 cm³/mol. The molecule has 0 aliphatic carbocycles. The van der Waals surface area contributed by atoms with Crippen molar-refractivity contribution in [3.63, 3.8) is 0 Å². The number of anilines is 1. The standard InChI is InChI=1S/C14H10F5NO/c1-6(7-4-2-3-5-8(7)21)20-14-12(18)10(16)9(15)11(17)13(14)19/h2-6,20-21H,1H3. The molecule has 0 saturated carbocycles. The summed E-state index contributed by atoms with van der Waals surface area (Å²) in [6.07, 6.45) is 0. The Morgan fingerprint density at radius 3 is 1.86 bits per heavy atom. The first-order chi connectivity index (χ1) is 9.84. The van der Waals surface area contributed by atoms with E-state index < -0.39 is 40.8 Å². The molecule has 0 fully saturated rings. The Bertz CT molecular complexity index is 660. The molecule has 2 nitrogen and oxygen atoms in total. The highest BCUT2D eigenvalue weighted by Crippen LogP contribution is 2.32. The lowest BCUT2D eigenvalue weighted by atomic mass is 10.1. The van der Waals surface area contributed by atoms with Crippen LogP contribution < -0.4 is 5.32 Å². The second kappa shape index (κ2) is 5.59. The fourth-order valence-corrected chi connectivity index (χ4v) is 1.88. The summed E-state index contributed by atoms with van der Waals surface area (Å²) in [5.74, 6) is -10.3. The second-order valence-electron chi connectivity index (χ2n) is 4.37. The Morgan fingerprint density at radius 2 is 1.33 bits per heavy atom. The molecule has 0 heterocycles. The van der Waals surface area contributed by atoms with Gasteiger partial charge in [-0.25, -0.2) is 22.0 Å². The molecule has 0 spiro atoms. The monoisotopic (exact) mass is 303 g/mol. The molecule has 0 radical (unpaired) electrons. The van der Waals surface area contributed by atoms with Crippen molar-refractivity contribution in [3.8, 4) is 5.75 Å². The van der Waals surface area contributed by atoms with Crippen molar-refractivity contribution >= 4 is 5.69 Å². The third-order valence-electron chi connectivity index (χ3n) is 2.97. The molecule has 0 aliphatic heterocycles. The maximum atomic E-state index is 13.5. The van der Waals surface area contributed by atoms with Crippen LogP contribution in [0, 0.1) is 29.1 Å². The Kier molecular flexibility index (Phi) is 4.02. The van der Waals surface area contributed by atoms with E-state index in [1.807, 2.05) is 0 Å². The number of phenolic OH excluding ortho intramolecular Hbond substituents is 1. The minimum absolute atomic E-state index is 0.165. The number of halogens is 5. The van der Waals surface area contributed by atoms with Gasteiger partial charge in [0.1, 0.15) is 11.4 Å². The van der Waals surface area contributed by atoms with Crippen LogP contribution in [0.3, 0.4) is 0 Å². The molecule has 7 heteroatoms. The molecular formula is C14H10F5NO. The zero-order valence-corrected chi connectivity index (χ0v) is 10.7. The summed E-state index contributed by atoms with van der Waals surface area (Å²) in [7, 11) is 0. The van der Waals surface area contributed by atoms with Crippen molar-refractivity contribution in [1.29, 1.82) is 0 Å². The van der Waals surface area contributed by atoms with E-state index in [1.54, 1.807) is 6.07 Å². The lowest BCUT2D eigenvalue weighted by Gasteiger charge is -2.18. The zero-order valence-electron chi connectivity index (χ0n) is 10.7. The Labute approximate surface area is 116 Å². The maximum Gasteiger partial charge on any atom is 0.200 e. The molecule has 0 aromatic heterocycles. The van der Waals surface area contributed by atoms with E-state index in [0.717, 1.165) is 0 Å². The van der Waals surface area contributed by atoms with Crippen molar-refractivity contribution in [2.75, 3.05) is 5.32 Å². The van der Waals surface area contributed by atoms with Gasteiger partial charge in [0.05, 0.1) is 6.04 Å². The smallest absolute Gasteiger partial charge is 0.200 e. The first kappa shape index (κ1) is 15.1. The Hall–Kier alpha value is -2.31. The topological polar surface area (TPSA) is 32.3 Å². The van der Waals surface area contributed by atoms with Crippen LogP contribution in [0.2, 0.25) is 0 Å². The van der Waals surface area contributed by atoms with Gasteiger partial charge in [0.2, 0.25) is 5.82 Å². The van der Waals surface area contributed by atoms with Gasteiger partial charge >= 0.3 is 0 Å². The summed E-state index contributed by atoms with van der Waals surface area (Å²) in [6.45, 7) is 1.41. The molecule has 0 saturated heterocycles. The first-order valence-corrected chi connectivity index (χ1v) is 5.90. The number of aromatic hydroxyl groups is 1. The minimum atomic E-state index is -2.22. The van der Waals surface area contributed by atoms with E-state index in [-0.39, 0.29) is 11.3 Å². The number of nitrogens with one attached hydrogen (secondary N) is 1. The molecule has 2 N–H and O–H groups in total. The van der Waals surface area contributed by atoms with Gasteiger partial charge in [0.15, 0.2) is 23.3 Å². The lowest BCUT2D eigenvalue weighted by Crippen LogP contribution is -2.13. The Balaban J connectivity index is 2.43. The fraction of sp³-hybridized carbons (Fsp3) is 0.143. The Morgan fingerprint density at radius 1 is 0.857 bits per heavy atom. The third-order valence-corrected chi connectivity index (χ3v) is 2.97. The number of phenols is 1. The van der Waals surface area contributed by atoms with Gasteiger partial charge in [0.25, 0.3) is 0 Å². The molecule has 1 atom stereocenters. The van der Waals surface area contributed by atoms with Gasteiger partial charge in [-0.15, -0.1) is 0 Å². The second-order valence-corrected chi connectivity index (χ2v) is 4.37. The number of hydrogen-bond acceptors (Lipinski definition) is 2. The van der Waals surface area contributed by atoms with Crippen LogP contribution in [0.15, 0.2) is 24.3 Å². The third kappa shape index (κ3) is 2.63. The SMILES string of the molecule is CC(Nc1c(F)c(F)c(F)c(F)c1F)c1ccccc1O. The van der Waals surface area contributed by atoms with Crippen molar-refractivity contribution in [1.82, 2.24) is 0 Å². The van der Waals surface area contributed by atoms with E-state index in [0.29, 0.717) is 0 Å². The summed E-state index contributed by atoms with van der Waals surface area (Å²) in [5, 5.41) is 11.8. The lowest BCUT2D eigenvalue weighted by molar-refractivity contribution is 0.380. The van der Waals surface area contributed by atoms with E-state index in [4.69, 9.17) is 0 Å². The highest BCUT2D eigenvalue weighted by atomic mass is 19.2.